The number of rotatable bonds is 22. The van der Waals surface area contributed by atoms with E-state index in [1.165, 1.54) is 83.5 Å². The minimum atomic E-state index is -0.725. The topological polar surface area (TPSA) is 62.4 Å². The summed E-state index contributed by atoms with van der Waals surface area (Å²) in [6.45, 7) is 3.33. The van der Waals surface area contributed by atoms with Crippen LogP contribution in [0.1, 0.15) is 110 Å². The van der Waals surface area contributed by atoms with Crippen LogP contribution >= 0.6 is 0 Å². The van der Waals surface area contributed by atoms with Crippen LogP contribution in [0.3, 0.4) is 0 Å². The van der Waals surface area contributed by atoms with Gasteiger partial charge in [0.2, 0.25) is 6.54 Å². The zero-order chi connectivity index (χ0) is 23.1. The second kappa shape index (κ2) is 21.4. The largest absolute Gasteiger partial charge is 0.368 e. The normalized spacial score (nSPS) is 12.1. The van der Waals surface area contributed by atoms with Gasteiger partial charge in [-0.25, -0.2) is 0 Å². The molecule has 2 N–H and O–H groups in total. The average Bonchev–Trinajstić information content (AvgIpc) is 2.80. The van der Waals surface area contributed by atoms with Gasteiger partial charge in [-0.15, -0.1) is 0 Å². The van der Waals surface area contributed by atoms with Crippen LogP contribution in [0.15, 0.2) is 30.6 Å². The van der Waals surface area contributed by atoms with Crippen molar-refractivity contribution < 1.29 is 19.2 Å². The SMILES string of the molecule is CCCCCCCCCCCCCCCCCC(O)OCCNC(=O)C[n+]1ccccc1. The molecule has 0 aliphatic rings. The van der Waals surface area contributed by atoms with Gasteiger partial charge in [-0.2, -0.15) is 4.57 Å². The summed E-state index contributed by atoms with van der Waals surface area (Å²) in [5, 5.41) is 12.7. The van der Waals surface area contributed by atoms with E-state index in [0.717, 1.165) is 12.8 Å². The van der Waals surface area contributed by atoms with Crippen molar-refractivity contribution in [3.63, 3.8) is 0 Å². The van der Waals surface area contributed by atoms with Gasteiger partial charge in [-0.05, 0) is 12.8 Å². The molecule has 5 heteroatoms. The van der Waals surface area contributed by atoms with Crippen molar-refractivity contribution in [1.29, 1.82) is 0 Å². The van der Waals surface area contributed by atoms with E-state index in [4.69, 9.17) is 4.74 Å². The number of carbonyl (C=O) groups is 1. The molecule has 0 aliphatic heterocycles. The fourth-order valence-corrected chi connectivity index (χ4v) is 3.92. The molecule has 0 radical (unpaired) electrons. The lowest BCUT2D eigenvalue weighted by Gasteiger charge is -2.12. The van der Waals surface area contributed by atoms with Gasteiger partial charge in [0.15, 0.2) is 18.7 Å². The lowest BCUT2D eigenvalue weighted by Crippen LogP contribution is -2.43. The number of aromatic nitrogens is 1. The zero-order valence-corrected chi connectivity index (χ0v) is 20.6. The molecule has 184 valence electrons. The van der Waals surface area contributed by atoms with Gasteiger partial charge in [0.25, 0.3) is 5.91 Å². The Morgan fingerprint density at radius 3 is 1.84 bits per heavy atom. The van der Waals surface area contributed by atoms with Crippen molar-refractivity contribution in [3.05, 3.63) is 30.6 Å². The van der Waals surface area contributed by atoms with E-state index in [9.17, 15) is 9.90 Å². The van der Waals surface area contributed by atoms with E-state index in [-0.39, 0.29) is 5.91 Å². The highest BCUT2D eigenvalue weighted by atomic mass is 16.6. The lowest BCUT2D eigenvalue weighted by atomic mass is 10.0. The van der Waals surface area contributed by atoms with Gasteiger partial charge in [0.1, 0.15) is 0 Å². The first-order valence-corrected chi connectivity index (χ1v) is 13.2. The molecule has 1 aromatic heterocycles. The molecule has 0 saturated carbocycles. The summed E-state index contributed by atoms with van der Waals surface area (Å²) in [4.78, 5) is 11.8. The van der Waals surface area contributed by atoms with Gasteiger partial charge < -0.3 is 15.2 Å². The average molecular weight is 450 g/mol. The maximum Gasteiger partial charge on any atom is 0.286 e. The number of carbonyl (C=O) groups excluding carboxylic acids is 1. The minimum absolute atomic E-state index is 0.0540. The van der Waals surface area contributed by atoms with Gasteiger partial charge in [-0.1, -0.05) is 103 Å². The first-order valence-electron chi connectivity index (χ1n) is 13.2. The van der Waals surface area contributed by atoms with Crippen LogP contribution in [0.5, 0.6) is 0 Å². The minimum Gasteiger partial charge on any atom is -0.368 e. The quantitative estimate of drug-likeness (QED) is 0.136. The van der Waals surface area contributed by atoms with Crippen molar-refractivity contribution in [2.24, 2.45) is 0 Å². The molecule has 1 rings (SSSR count). The Kier molecular flexibility index (Phi) is 19.1. The number of amides is 1. The summed E-state index contributed by atoms with van der Waals surface area (Å²) in [7, 11) is 0. The molecule has 1 amide bonds. The molecule has 1 aromatic rings. The van der Waals surface area contributed by atoms with Gasteiger partial charge in [-0.3, -0.25) is 4.79 Å². The Morgan fingerprint density at radius 2 is 1.31 bits per heavy atom. The van der Waals surface area contributed by atoms with Crippen molar-refractivity contribution in [2.45, 2.75) is 122 Å². The Labute approximate surface area is 197 Å². The number of aliphatic hydroxyl groups is 1. The molecule has 0 bridgehead atoms. The van der Waals surface area contributed by atoms with Gasteiger partial charge in [0.05, 0.1) is 6.61 Å². The highest BCUT2D eigenvalue weighted by Crippen LogP contribution is 2.14. The fraction of sp³-hybridized carbons (Fsp3) is 0.778. The molecule has 1 unspecified atom stereocenters. The standard InChI is InChI=1S/C27H48N2O3/c1-2-3-4-5-6-7-8-9-10-11-12-13-14-15-17-20-27(31)32-24-21-28-26(30)25-29-22-18-16-19-23-29/h16,18-19,22-23,27,31H,2-15,17,20-21,24-25H2,1H3/p+1. The monoisotopic (exact) mass is 449 g/mol. The molecular weight excluding hydrogens is 400 g/mol. The third-order valence-electron chi connectivity index (χ3n) is 5.89. The summed E-state index contributed by atoms with van der Waals surface area (Å²) in [5.74, 6) is -0.0540. The van der Waals surface area contributed by atoms with E-state index >= 15 is 0 Å². The van der Waals surface area contributed by atoms with E-state index in [0.29, 0.717) is 26.1 Å². The lowest BCUT2D eigenvalue weighted by molar-refractivity contribution is -0.684. The highest BCUT2D eigenvalue weighted by Gasteiger charge is 2.08. The Hall–Kier alpha value is -1.46. The molecule has 0 aliphatic carbocycles. The number of hydrogen-bond donors (Lipinski definition) is 2. The molecule has 0 fully saturated rings. The maximum atomic E-state index is 11.8. The van der Waals surface area contributed by atoms with Crippen LogP contribution in [0, 0.1) is 0 Å². The van der Waals surface area contributed by atoms with Crippen molar-refractivity contribution >= 4 is 5.91 Å². The Balaban J connectivity index is 1.79. The highest BCUT2D eigenvalue weighted by molar-refractivity contribution is 5.74. The molecule has 5 nitrogen and oxygen atoms in total. The fourth-order valence-electron chi connectivity index (χ4n) is 3.92. The smallest absolute Gasteiger partial charge is 0.286 e. The first kappa shape index (κ1) is 28.6. The summed E-state index contributed by atoms with van der Waals surface area (Å²) < 4.78 is 7.22. The predicted octanol–water partition coefficient (Wildman–Crippen LogP) is 5.69. The van der Waals surface area contributed by atoms with Crippen LogP contribution in [0.25, 0.3) is 0 Å². The van der Waals surface area contributed by atoms with Crippen LogP contribution < -0.4 is 9.88 Å². The van der Waals surface area contributed by atoms with Gasteiger partial charge in [0, 0.05) is 18.7 Å². The first-order chi connectivity index (χ1) is 15.7. The van der Waals surface area contributed by atoms with Gasteiger partial charge >= 0.3 is 0 Å². The molecule has 0 spiro atoms. The van der Waals surface area contributed by atoms with Crippen LogP contribution in [-0.2, 0) is 16.1 Å². The van der Waals surface area contributed by atoms with Crippen molar-refractivity contribution in [2.75, 3.05) is 13.2 Å². The molecule has 1 heterocycles. The second-order valence-corrected chi connectivity index (χ2v) is 8.96. The van der Waals surface area contributed by atoms with Crippen LogP contribution in [0.2, 0.25) is 0 Å². The number of aliphatic hydroxyl groups excluding tert-OH is 1. The van der Waals surface area contributed by atoms with Crippen LogP contribution in [-0.4, -0.2) is 30.5 Å². The third-order valence-corrected chi connectivity index (χ3v) is 5.89. The number of hydrogen-bond acceptors (Lipinski definition) is 3. The molecule has 0 aromatic carbocycles. The third kappa shape index (κ3) is 18.1. The Morgan fingerprint density at radius 1 is 0.812 bits per heavy atom. The van der Waals surface area contributed by atoms with Crippen molar-refractivity contribution in [3.8, 4) is 0 Å². The molecule has 0 saturated heterocycles. The summed E-state index contributed by atoms with van der Waals surface area (Å²) >= 11 is 0. The summed E-state index contributed by atoms with van der Waals surface area (Å²) in [6, 6.07) is 5.71. The predicted molar refractivity (Wildman–Crippen MR) is 131 cm³/mol. The maximum absolute atomic E-state index is 11.8. The van der Waals surface area contributed by atoms with E-state index in [1.54, 1.807) is 0 Å². The number of pyridine rings is 1. The Bertz CT molecular complexity index is 539. The summed E-state index contributed by atoms with van der Waals surface area (Å²) in [5.41, 5.74) is 0. The van der Waals surface area contributed by atoms with E-state index < -0.39 is 6.29 Å². The van der Waals surface area contributed by atoms with E-state index in [2.05, 4.69) is 12.2 Å². The molecule has 32 heavy (non-hydrogen) atoms. The van der Waals surface area contributed by atoms with E-state index in [1.807, 2.05) is 35.2 Å². The molecular formula is C27H49N2O3+. The number of unbranched alkanes of at least 4 members (excludes halogenated alkanes) is 14. The number of ether oxygens (including phenoxy) is 1. The number of nitrogens with zero attached hydrogens (tertiary/aromatic N) is 1. The van der Waals surface area contributed by atoms with Crippen LogP contribution in [0.4, 0.5) is 0 Å². The second-order valence-electron chi connectivity index (χ2n) is 8.96. The summed E-state index contributed by atoms with van der Waals surface area (Å²) in [6.07, 6.45) is 23.7. The molecule has 1 atom stereocenters. The number of nitrogens with one attached hydrogen (secondary N) is 1. The van der Waals surface area contributed by atoms with Crippen molar-refractivity contribution in [1.82, 2.24) is 5.32 Å². The zero-order valence-electron chi connectivity index (χ0n) is 20.6.